The summed E-state index contributed by atoms with van der Waals surface area (Å²) in [5.41, 5.74) is 0. The van der Waals surface area contributed by atoms with Gasteiger partial charge in [0.1, 0.15) is 0 Å². The van der Waals surface area contributed by atoms with Crippen molar-refractivity contribution < 1.29 is 34.2 Å². The van der Waals surface area contributed by atoms with Crippen molar-refractivity contribution >= 4 is 17.9 Å². The summed E-state index contributed by atoms with van der Waals surface area (Å²) in [7, 11) is 0. The fourth-order valence-electron chi connectivity index (χ4n) is 5.18. The molecule has 0 saturated heterocycles. The van der Waals surface area contributed by atoms with Gasteiger partial charge in [-0.1, -0.05) is 57.6 Å². The average molecular weight is 540 g/mol. The lowest BCUT2D eigenvalue weighted by atomic mass is 10.1. The van der Waals surface area contributed by atoms with Crippen LogP contribution in [-0.2, 0) is 14.4 Å². The summed E-state index contributed by atoms with van der Waals surface area (Å²) in [5, 5.41) is 28.9. The van der Waals surface area contributed by atoms with Crippen LogP contribution in [0.3, 0.4) is 0 Å². The van der Waals surface area contributed by atoms with Gasteiger partial charge in [0.15, 0.2) is 0 Å². The summed E-state index contributed by atoms with van der Waals surface area (Å²) < 4.78 is 0.843. The Hall–Kier alpha value is -1.89. The Morgan fingerprint density at radius 3 is 1.34 bits per heavy atom. The van der Waals surface area contributed by atoms with E-state index in [1.54, 1.807) is 0 Å². The molecule has 0 atom stereocenters. The van der Waals surface area contributed by atoms with Crippen molar-refractivity contribution in [2.45, 2.75) is 142 Å². The summed E-state index contributed by atoms with van der Waals surface area (Å²) in [4.78, 5) is 32.8. The molecule has 0 bridgehead atoms. The van der Waals surface area contributed by atoms with E-state index in [1.807, 2.05) is 0 Å². The molecule has 0 radical (unpaired) electrons. The maximum absolute atomic E-state index is 11.0. The zero-order valence-electron chi connectivity index (χ0n) is 24.3. The molecule has 0 aromatic rings. The normalized spacial score (nSPS) is 11.8. The van der Waals surface area contributed by atoms with E-state index in [0.29, 0.717) is 19.3 Å². The van der Waals surface area contributed by atoms with Gasteiger partial charge in [-0.3, -0.25) is 9.59 Å². The Morgan fingerprint density at radius 2 is 0.921 bits per heavy atom. The highest BCUT2D eigenvalue weighted by Crippen LogP contribution is 2.19. The number of carboxylic acids is 3. The molecular formula is C31H57NO6. The Bertz CT molecular complexity index is 579. The second-order valence-electron chi connectivity index (χ2n) is 11.0. The molecule has 0 amide bonds. The highest BCUT2D eigenvalue weighted by molar-refractivity contribution is 5.66. The van der Waals surface area contributed by atoms with E-state index >= 15 is 0 Å². The lowest BCUT2D eigenvalue weighted by Crippen LogP contribution is -2.51. The van der Waals surface area contributed by atoms with E-state index in [0.717, 1.165) is 62.8 Å². The molecule has 38 heavy (non-hydrogen) atoms. The van der Waals surface area contributed by atoms with Crippen molar-refractivity contribution in [1.82, 2.24) is 0 Å². The quantitative estimate of drug-likeness (QED) is 0.0638. The van der Waals surface area contributed by atoms with Crippen molar-refractivity contribution in [3.8, 4) is 0 Å². The molecule has 0 aromatic heterocycles. The van der Waals surface area contributed by atoms with Crippen LogP contribution in [0.25, 0.3) is 0 Å². The molecule has 7 nitrogen and oxygen atoms in total. The first-order chi connectivity index (χ1) is 18.3. The molecule has 0 saturated carbocycles. The molecule has 0 fully saturated rings. The summed E-state index contributed by atoms with van der Waals surface area (Å²) in [5.74, 6) is -2.57. The smallest absolute Gasteiger partial charge is 0.303 e. The summed E-state index contributed by atoms with van der Waals surface area (Å²) >= 11 is 0. The van der Waals surface area contributed by atoms with Crippen molar-refractivity contribution in [3.05, 3.63) is 12.2 Å². The molecule has 0 aliphatic rings. The number of allylic oxidation sites excluding steroid dienone is 2. The fourth-order valence-corrected chi connectivity index (χ4v) is 5.18. The van der Waals surface area contributed by atoms with Gasteiger partial charge in [-0.25, -0.2) is 0 Å². The molecule has 0 spiro atoms. The maximum Gasteiger partial charge on any atom is 0.303 e. The van der Waals surface area contributed by atoms with Crippen LogP contribution in [0.2, 0.25) is 0 Å². The number of carbonyl (C=O) groups is 3. The fraction of sp³-hybridized carbons (Fsp3) is 0.839. The number of hydrogen-bond acceptors (Lipinski definition) is 4. The molecule has 0 aromatic carbocycles. The molecule has 0 heterocycles. The highest BCUT2D eigenvalue weighted by atomic mass is 16.4. The van der Waals surface area contributed by atoms with E-state index < -0.39 is 17.9 Å². The lowest BCUT2D eigenvalue weighted by Gasteiger charge is -2.39. The van der Waals surface area contributed by atoms with Crippen molar-refractivity contribution in [2.24, 2.45) is 0 Å². The standard InChI is InChI=1S/C31H57NO6/c1-2-3-4-5-6-7-8-9-10-11-12-13-14-18-25-32(26-19-15-22-29(33)34,27-20-16-23-30(35)36)28-21-17-24-31(37)38/h7-8H,2-6,9-28H2,1H3,(H2-,33,34,35,36,37,38)/b8-7+. The number of carboxylic acid groups (broad SMARTS) is 3. The third-order valence-corrected chi connectivity index (χ3v) is 7.45. The summed E-state index contributed by atoms with van der Waals surface area (Å²) in [6.07, 6.45) is 24.2. The number of quaternary nitrogens is 1. The van der Waals surface area contributed by atoms with E-state index in [4.69, 9.17) is 10.2 Å². The summed E-state index contributed by atoms with van der Waals surface area (Å²) in [6.45, 7) is 5.84. The number of rotatable bonds is 29. The predicted molar refractivity (Wildman–Crippen MR) is 152 cm³/mol. The Kier molecular flexibility index (Phi) is 24.1. The van der Waals surface area contributed by atoms with Gasteiger partial charge in [-0.15, -0.1) is 0 Å². The van der Waals surface area contributed by atoms with Crippen LogP contribution >= 0.6 is 0 Å². The van der Waals surface area contributed by atoms with Gasteiger partial charge in [0.05, 0.1) is 26.2 Å². The minimum absolute atomic E-state index is 0.0616. The number of nitrogens with zero attached hydrogens (tertiary/aromatic N) is 1. The summed E-state index contributed by atoms with van der Waals surface area (Å²) in [6, 6.07) is 0. The Morgan fingerprint density at radius 1 is 0.553 bits per heavy atom. The number of carbonyl (C=O) groups excluding carboxylic acids is 1. The average Bonchev–Trinajstić information content (AvgIpc) is 2.87. The molecule has 222 valence electrons. The molecule has 7 heteroatoms. The first-order valence-electron chi connectivity index (χ1n) is 15.4. The molecule has 2 N–H and O–H groups in total. The first-order valence-corrected chi connectivity index (χ1v) is 15.4. The van der Waals surface area contributed by atoms with Crippen molar-refractivity contribution in [3.63, 3.8) is 0 Å². The van der Waals surface area contributed by atoms with E-state index in [1.165, 1.54) is 64.2 Å². The molecule has 0 unspecified atom stereocenters. The van der Waals surface area contributed by atoms with Gasteiger partial charge in [0.2, 0.25) is 0 Å². The molecule has 0 aliphatic carbocycles. The second-order valence-corrected chi connectivity index (χ2v) is 11.0. The van der Waals surface area contributed by atoms with Crippen LogP contribution in [0.1, 0.15) is 142 Å². The maximum atomic E-state index is 11.0. The Balaban J connectivity index is 4.57. The van der Waals surface area contributed by atoms with Crippen molar-refractivity contribution in [1.29, 1.82) is 0 Å². The highest BCUT2D eigenvalue weighted by Gasteiger charge is 2.26. The zero-order valence-corrected chi connectivity index (χ0v) is 24.3. The minimum atomic E-state index is -1.02. The monoisotopic (exact) mass is 539 g/mol. The van der Waals surface area contributed by atoms with Gasteiger partial charge < -0.3 is 24.6 Å². The minimum Gasteiger partial charge on any atom is -0.550 e. The number of hydrogen-bond donors (Lipinski definition) is 2. The van der Waals surface area contributed by atoms with Crippen LogP contribution in [0.4, 0.5) is 0 Å². The molecular weight excluding hydrogens is 482 g/mol. The van der Waals surface area contributed by atoms with Crippen LogP contribution in [0, 0.1) is 0 Å². The van der Waals surface area contributed by atoms with E-state index in [2.05, 4.69) is 19.1 Å². The van der Waals surface area contributed by atoms with Crippen LogP contribution in [0.15, 0.2) is 12.2 Å². The number of aliphatic carboxylic acids is 3. The van der Waals surface area contributed by atoms with E-state index in [9.17, 15) is 19.5 Å². The van der Waals surface area contributed by atoms with Gasteiger partial charge in [0, 0.05) is 18.8 Å². The van der Waals surface area contributed by atoms with Crippen molar-refractivity contribution in [2.75, 3.05) is 26.2 Å². The number of unbranched alkanes of at least 4 members (excludes halogenated alkanes) is 13. The topological polar surface area (TPSA) is 115 Å². The predicted octanol–water partition coefficient (Wildman–Crippen LogP) is 6.49. The van der Waals surface area contributed by atoms with Gasteiger partial charge in [0.25, 0.3) is 0 Å². The van der Waals surface area contributed by atoms with E-state index in [-0.39, 0.29) is 19.3 Å². The zero-order chi connectivity index (χ0) is 28.3. The molecule has 0 rings (SSSR count). The first kappa shape index (κ1) is 36.1. The van der Waals surface area contributed by atoms with Gasteiger partial charge in [-0.05, 0) is 83.5 Å². The third kappa shape index (κ3) is 24.4. The molecule has 0 aliphatic heterocycles. The van der Waals surface area contributed by atoms with Gasteiger partial charge in [-0.2, -0.15) is 0 Å². The van der Waals surface area contributed by atoms with Gasteiger partial charge >= 0.3 is 11.9 Å². The van der Waals surface area contributed by atoms with Crippen LogP contribution in [0.5, 0.6) is 0 Å². The second kappa shape index (κ2) is 25.4. The SMILES string of the molecule is CCCCCC/C=C/CCCCCCCC[N+](CCCCC(=O)[O-])(CCCCC(=O)O)CCCCC(=O)O. The van der Waals surface area contributed by atoms with Crippen LogP contribution in [-0.4, -0.2) is 58.8 Å². The third-order valence-electron chi connectivity index (χ3n) is 7.45. The van der Waals surface area contributed by atoms with Crippen LogP contribution < -0.4 is 5.11 Å². The Labute approximate surface area is 232 Å². The largest absolute Gasteiger partial charge is 0.550 e. The lowest BCUT2D eigenvalue weighted by molar-refractivity contribution is -0.929.